The third kappa shape index (κ3) is 3.83. The van der Waals surface area contributed by atoms with Crippen molar-refractivity contribution in [1.29, 1.82) is 0 Å². The normalized spacial score (nSPS) is 16.6. The number of amides is 1. The number of fused-ring (bicyclic) bond motifs is 1. The molecule has 2 N–H and O–H groups in total. The summed E-state index contributed by atoms with van der Waals surface area (Å²) in [7, 11) is 1.64. The minimum Gasteiger partial charge on any atom is -0.493 e. The highest BCUT2D eigenvalue weighted by Crippen LogP contribution is 2.49. The minimum atomic E-state index is -1.00. The molecule has 6 nitrogen and oxygen atoms in total. The number of nitrogens with one attached hydrogen (secondary N) is 1. The Hall–Kier alpha value is -3.28. The number of rotatable bonds is 5. The van der Waals surface area contributed by atoms with Crippen LogP contribution in [0.2, 0.25) is 0 Å². The van der Waals surface area contributed by atoms with Gasteiger partial charge in [0, 0.05) is 23.7 Å². The molecule has 0 bridgehead atoms. The van der Waals surface area contributed by atoms with Crippen molar-refractivity contribution < 1.29 is 24.2 Å². The second-order valence-electron chi connectivity index (χ2n) is 7.54. The van der Waals surface area contributed by atoms with Gasteiger partial charge < -0.3 is 19.9 Å². The van der Waals surface area contributed by atoms with E-state index in [4.69, 9.17) is 14.6 Å². The van der Waals surface area contributed by atoms with Gasteiger partial charge in [-0.2, -0.15) is 0 Å². The summed E-state index contributed by atoms with van der Waals surface area (Å²) in [6, 6.07) is 9.86. The van der Waals surface area contributed by atoms with Gasteiger partial charge in [0.05, 0.1) is 12.7 Å². The molecule has 0 saturated heterocycles. The maximum Gasteiger partial charge on any atom is 0.335 e. The van der Waals surface area contributed by atoms with Gasteiger partial charge in [-0.25, -0.2) is 4.79 Å². The molecule has 0 atom stereocenters. The number of methoxy groups -OCH3 is 1. The number of hydrogen-bond acceptors (Lipinski definition) is 4. The first-order valence-electron chi connectivity index (χ1n) is 9.71. The molecule has 2 aromatic rings. The largest absolute Gasteiger partial charge is 0.493 e. The number of benzene rings is 2. The number of carbonyl (C=O) groups is 2. The fraction of sp³-hybridized carbons (Fsp3) is 0.304. The number of aromatic carboxylic acids is 1. The third-order valence-corrected chi connectivity index (χ3v) is 5.63. The molecule has 0 radical (unpaired) electrons. The molecule has 1 amide bonds. The zero-order valence-electron chi connectivity index (χ0n) is 16.2. The molecular formula is C23H23NO5. The number of carbonyl (C=O) groups excluding carboxylic acids is 1. The first kappa shape index (κ1) is 19.1. The maximum absolute atomic E-state index is 12.3. The van der Waals surface area contributed by atoms with E-state index >= 15 is 0 Å². The highest BCUT2D eigenvalue weighted by molar-refractivity contribution is 6.02. The topological polar surface area (TPSA) is 84.9 Å². The smallest absolute Gasteiger partial charge is 0.335 e. The van der Waals surface area contributed by atoms with Crippen molar-refractivity contribution in [3.8, 4) is 11.5 Å². The Labute approximate surface area is 169 Å². The molecule has 1 aliphatic carbocycles. The van der Waals surface area contributed by atoms with Crippen LogP contribution in [0.5, 0.6) is 11.5 Å². The van der Waals surface area contributed by atoms with Gasteiger partial charge in [0.15, 0.2) is 11.5 Å². The predicted molar refractivity (Wildman–Crippen MR) is 110 cm³/mol. The lowest BCUT2D eigenvalue weighted by Gasteiger charge is -2.22. The predicted octanol–water partition coefficient (Wildman–Crippen LogP) is 4.29. The monoisotopic (exact) mass is 393 g/mol. The zero-order chi connectivity index (χ0) is 20.4. The molecule has 2 aliphatic rings. The summed E-state index contributed by atoms with van der Waals surface area (Å²) in [5, 5.41) is 11.7. The van der Waals surface area contributed by atoms with Crippen molar-refractivity contribution >= 4 is 23.6 Å². The molecule has 6 heteroatoms. The molecule has 2 aromatic carbocycles. The average Bonchev–Trinajstić information content (AvgIpc) is 3.33. The highest BCUT2D eigenvalue weighted by Gasteiger charge is 2.43. The summed E-state index contributed by atoms with van der Waals surface area (Å²) in [4.78, 5) is 23.2. The summed E-state index contributed by atoms with van der Waals surface area (Å²) >= 11 is 0. The third-order valence-electron chi connectivity index (χ3n) is 5.63. The highest BCUT2D eigenvalue weighted by atomic mass is 16.5. The van der Waals surface area contributed by atoms with Crippen LogP contribution in [0.4, 0.5) is 5.69 Å². The van der Waals surface area contributed by atoms with Gasteiger partial charge in [0.2, 0.25) is 5.91 Å². The van der Waals surface area contributed by atoms with E-state index in [0.717, 1.165) is 41.9 Å². The lowest BCUT2D eigenvalue weighted by Crippen LogP contribution is -2.30. The van der Waals surface area contributed by atoms with Gasteiger partial charge in [0.25, 0.3) is 0 Å². The minimum absolute atomic E-state index is 0.131. The molecule has 1 spiro atoms. The SMILES string of the molecule is COc1ccc(/C=C/C(=O)Nc2ccc(C(=O)O)cc2)c2c1OC1(CCCC1)C2. The van der Waals surface area contributed by atoms with Gasteiger partial charge in [-0.1, -0.05) is 6.07 Å². The molecular weight excluding hydrogens is 370 g/mol. The first-order valence-corrected chi connectivity index (χ1v) is 9.71. The van der Waals surface area contributed by atoms with E-state index in [1.54, 1.807) is 25.3 Å². The summed E-state index contributed by atoms with van der Waals surface area (Å²) in [5.74, 6) is 0.232. The van der Waals surface area contributed by atoms with E-state index in [1.165, 1.54) is 31.1 Å². The molecule has 0 aromatic heterocycles. The van der Waals surface area contributed by atoms with Crippen LogP contribution in [0.1, 0.15) is 47.2 Å². The second-order valence-corrected chi connectivity index (χ2v) is 7.54. The van der Waals surface area contributed by atoms with Crippen LogP contribution in [0.25, 0.3) is 6.08 Å². The molecule has 29 heavy (non-hydrogen) atoms. The van der Waals surface area contributed by atoms with E-state index in [1.807, 2.05) is 12.1 Å². The first-order chi connectivity index (χ1) is 14.0. The molecule has 150 valence electrons. The standard InChI is InChI=1S/C23H23NO5/c1-28-19-10-6-15(18-14-23(29-21(18)19)12-2-3-13-23)7-11-20(25)24-17-8-4-16(5-9-17)22(26)27/h4-11H,2-3,12-14H2,1H3,(H,24,25)(H,26,27)/b11-7+. The van der Waals surface area contributed by atoms with Gasteiger partial charge in [-0.15, -0.1) is 0 Å². The van der Waals surface area contributed by atoms with Crippen molar-refractivity contribution in [2.24, 2.45) is 0 Å². The number of carboxylic acids is 1. The fourth-order valence-corrected chi connectivity index (χ4v) is 4.15. The van der Waals surface area contributed by atoms with Crippen LogP contribution in [0.3, 0.4) is 0 Å². The summed E-state index contributed by atoms with van der Waals surface area (Å²) in [6.45, 7) is 0. The summed E-state index contributed by atoms with van der Waals surface area (Å²) in [5.41, 5.74) is 2.61. The van der Waals surface area contributed by atoms with Crippen molar-refractivity contribution in [2.75, 3.05) is 12.4 Å². The Bertz CT molecular complexity index is 972. The number of hydrogen-bond donors (Lipinski definition) is 2. The van der Waals surface area contributed by atoms with Gasteiger partial charge in [-0.3, -0.25) is 4.79 Å². The van der Waals surface area contributed by atoms with Gasteiger partial charge in [-0.05, 0) is 67.7 Å². The summed E-state index contributed by atoms with van der Waals surface area (Å²) in [6.07, 6.45) is 8.53. The number of ether oxygens (including phenoxy) is 2. The quantitative estimate of drug-likeness (QED) is 0.740. The average molecular weight is 393 g/mol. The second kappa shape index (κ2) is 7.62. The Balaban J connectivity index is 1.51. The lowest BCUT2D eigenvalue weighted by atomic mass is 9.92. The van der Waals surface area contributed by atoms with Crippen LogP contribution in [-0.4, -0.2) is 29.7 Å². The molecule has 0 unspecified atom stereocenters. The lowest BCUT2D eigenvalue weighted by molar-refractivity contribution is -0.111. The van der Waals surface area contributed by atoms with Crippen LogP contribution in [-0.2, 0) is 11.2 Å². The van der Waals surface area contributed by atoms with Crippen LogP contribution in [0.15, 0.2) is 42.5 Å². The van der Waals surface area contributed by atoms with Crippen LogP contribution < -0.4 is 14.8 Å². The maximum atomic E-state index is 12.3. The molecule has 1 aliphatic heterocycles. The van der Waals surface area contributed by atoms with E-state index in [2.05, 4.69) is 5.32 Å². The molecule has 1 heterocycles. The van der Waals surface area contributed by atoms with E-state index in [-0.39, 0.29) is 17.1 Å². The Kier molecular flexibility index (Phi) is 5.01. The van der Waals surface area contributed by atoms with Gasteiger partial charge in [0.1, 0.15) is 5.60 Å². The van der Waals surface area contributed by atoms with Crippen molar-refractivity contribution in [3.05, 3.63) is 59.2 Å². The Morgan fingerprint density at radius 1 is 1.14 bits per heavy atom. The number of anilines is 1. The molecule has 1 saturated carbocycles. The van der Waals surface area contributed by atoms with Crippen LogP contribution in [0, 0.1) is 0 Å². The molecule has 1 fully saturated rings. The van der Waals surface area contributed by atoms with Crippen molar-refractivity contribution in [1.82, 2.24) is 0 Å². The van der Waals surface area contributed by atoms with E-state index in [0.29, 0.717) is 5.69 Å². The summed E-state index contributed by atoms with van der Waals surface area (Å²) < 4.78 is 11.8. The van der Waals surface area contributed by atoms with E-state index < -0.39 is 5.97 Å². The molecule has 4 rings (SSSR count). The van der Waals surface area contributed by atoms with Gasteiger partial charge >= 0.3 is 5.97 Å². The van der Waals surface area contributed by atoms with Crippen LogP contribution >= 0.6 is 0 Å². The zero-order valence-corrected chi connectivity index (χ0v) is 16.2. The Morgan fingerprint density at radius 3 is 2.52 bits per heavy atom. The Morgan fingerprint density at radius 2 is 1.86 bits per heavy atom. The van der Waals surface area contributed by atoms with E-state index in [9.17, 15) is 9.59 Å². The fourth-order valence-electron chi connectivity index (χ4n) is 4.15. The number of carboxylic acid groups (broad SMARTS) is 1. The van der Waals surface area contributed by atoms with Crippen molar-refractivity contribution in [2.45, 2.75) is 37.7 Å². The van der Waals surface area contributed by atoms with Crippen molar-refractivity contribution in [3.63, 3.8) is 0 Å².